The van der Waals surface area contributed by atoms with Crippen molar-refractivity contribution in [3.63, 3.8) is 0 Å². The van der Waals surface area contributed by atoms with E-state index >= 15 is 0 Å². The van der Waals surface area contributed by atoms with Crippen molar-refractivity contribution in [3.8, 4) is 44.5 Å². The third-order valence-corrected chi connectivity index (χ3v) is 18.6. The second-order valence-electron chi connectivity index (χ2n) is 17.7. The van der Waals surface area contributed by atoms with Crippen LogP contribution >= 0.6 is 0 Å². The summed E-state index contributed by atoms with van der Waals surface area (Å²) in [6.07, 6.45) is 0. The molecule has 326 valence electrons. The van der Waals surface area contributed by atoms with Crippen molar-refractivity contribution < 1.29 is 0 Å². The van der Waals surface area contributed by atoms with Gasteiger partial charge in [0.2, 0.25) is 0 Å². The number of fused-ring (bicyclic) bond motifs is 2. The van der Waals surface area contributed by atoms with E-state index in [0.717, 1.165) is 33.9 Å². The highest BCUT2D eigenvalue weighted by molar-refractivity contribution is 7.21. The van der Waals surface area contributed by atoms with Crippen LogP contribution in [0.25, 0.3) is 44.5 Å². The van der Waals surface area contributed by atoms with Crippen LogP contribution in [0.15, 0.2) is 291 Å². The zero-order valence-corrected chi connectivity index (χ0v) is 39.1. The summed E-state index contributed by atoms with van der Waals surface area (Å²) in [4.78, 5) is 4.84. The molecule has 12 rings (SSSR count). The average Bonchev–Trinajstić information content (AvgIpc) is 3.44. The second kappa shape index (κ2) is 18.1. The number of nitrogens with zero attached hydrogens (tertiary/aromatic N) is 2. The number of benzene rings is 11. The summed E-state index contributed by atoms with van der Waals surface area (Å²) >= 11 is 0. The normalized spacial score (nSPS) is 12.4. The Morgan fingerprint density at radius 1 is 0.246 bits per heavy atom. The lowest BCUT2D eigenvalue weighted by Gasteiger charge is -2.45. The molecule has 1 aliphatic rings. The van der Waals surface area contributed by atoms with Crippen LogP contribution in [0.4, 0.5) is 34.1 Å². The quantitative estimate of drug-likeness (QED) is 0.126. The van der Waals surface area contributed by atoms with Crippen molar-refractivity contribution >= 4 is 62.9 Å². The highest BCUT2D eigenvalue weighted by atomic mass is 28.3. The molecule has 0 aromatic heterocycles. The summed E-state index contributed by atoms with van der Waals surface area (Å²) < 4.78 is 0. The van der Waals surface area contributed by atoms with Crippen LogP contribution in [0.5, 0.6) is 0 Å². The largest absolute Gasteiger partial charge is 0.311 e. The minimum absolute atomic E-state index is 1.09. The molecular weight excluding hydrogens is 849 g/mol. The Balaban J connectivity index is 0.905. The first-order valence-corrected chi connectivity index (χ1v) is 25.7. The van der Waals surface area contributed by atoms with Crippen molar-refractivity contribution in [2.75, 3.05) is 9.80 Å². The third kappa shape index (κ3) is 7.65. The summed E-state index contributed by atoms with van der Waals surface area (Å²) in [6.45, 7) is 0. The number of para-hydroxylation sites is 2. The van der Waals surface area contributed by atoms with Gasteiger partial charge in [0.25, 0.3) is 0 Å². The molecule has 0 fully saturated rings. The van der Waals surface area contributed by atoms with Crippen molar-refractivity contribution in [2.24, 2.45) is 0 Å². The first kappa shape index (κ1) is 41.7. The van der Waals surface area contributed by atoms with Crippen LogP contribution in [0.1, 0.15) is 0 Å². The van der Waals surface area contributed by atoms with Gasteiger partial charge in [-0.3, -0.25) is 0 Å². The van der Waals surface area contributed by atoms with Gasteiger partial charge in [-0.05, 0) is 126 Å². The number of hydrogen-bond acceptors (Lipinski definition) is 2. The fraction of sp³-hybridized carbons (Fsp3) is 0. The molecule has 69 heavy (non-hydrogen) atoms. The first-order valence-electron chi connectivity index (χ1n) is 23.7. The molecule has 11 aromatic carbocycles. The van der Waals surface area contributed by atoms with Crippen molar-refractivity contribution in [3.05, 3.63) is 291 Å². The van der Waals surface area contributed by atoms with Crippen LogP contribution in [0.3, 0.4) is 0 Å². The molecule has 0 radical (unpaired) electrons. The van der Waals surface area contributed by atoms with Gasteiger partial charge in [-0.25, -0.2) is 0 Å². The lowest BCUT2D eigenvalue weighted by atomic mass is 10.00. The van der Waals surface area contributed by atoms with Gasteiger partial charge in [0.15, 0.2) is 8.07 Å². The van der Waals surface area contributed by atoms with E-state index in [4.69, 9.17) is 0 Å². The van der Waals surface area contributed by atoms with E-state index in [9.17, 15) is 0 Å². The molecule has 3 heteroatoms. The monoisotopic (exact) mass is 896 g/mol. The molecule has 0 saturated heterocycles. The summed E-state index contributed by atoms with van der Waals surface area (Å²) in [5, 5.41) is 5.55. The summed E-state index contributed by atoms with van der Waals surface area (Å²) in [6, 6.07) is 107. The molecule has 0 unspecified atom stereocenters. The molecule has 0 spiro atoms. The van der Waals surface area contributed by atoms with Gasteiger partial charge in [-0.2, -0.15) is 0 Å². The fourth-order valence-electron chi connectivity index (χ4n) is 10.5. The zero-order valence-electron chi connectivity index (χ0n) is 38.1. The Kier molecular flexibility index (Phi) is 11.0. The average molecular weight is 897 g/mol. The minimum Gasteiger partial charge on any atom is -0.311 e. The molecule has 0 bridgehead atoms. The van der Waals surface area contributed by atoms with Gasteiger partial charge in [0, 0.05) is 34.1 Å². The highest BCUT2D eigenvalue weighted by Crippen LogP contribution is 2.41. The second-order valence-corrected chi connectivity index (χ2v) is 21.4. The lowest BCUT2D eigenvalue weighted by molar-refractivity contribution is 1.28. The van der Waals surface area contributed by atoms with Gasteiger partial charge in [-0.15, -0.1) is 0 Å². The van der Waals surface area contributed by atoms with E-state index in [1.54, 1.807) is 0 Å². The van der Waals surface area contributed by atoms with Crippen LogP contribution in [0.2, 0.25) is 0 Å². The molecule has 0 saturated carbocycles. The Labute approximate surface area is 406 Å². The summed E-state index contributed by atoms with van der Waals surface area (Å²) in [5.74, 6) is 0. The van der Waals surface area contributed by atoms with Crippen molar-refractivity contribution in [2.45, 2.75) is 0 Å². The maximum absolute atomic E-state index is 2.70. The molecule has 1 heterocycles. The Morgan fingerprint density at radius 3 is 0.957 bits per heavy atom. The third-order valence-electron chi connectivity index (χ3n) is 13.8. The van der Waals surface area contributed by atoms with E-state index in [1.807, 2.05) is 0 Å². The van der Waals surface area contributed by atoms with Gasteiger partial charge < -0.3 is 9.80 Å². The van der Waals surface area contributed by atoms with E-state index in [0.29, 0.717) is 0 Å². The topological polar surface area (TPSA) is 6.48 Å². The van der Waals surface area contributed by atoms with Crippen LogP contribution in [-0.2, 0) is 0 Å². The maximum atomic E-state index is 2.49. The summed E-state index contributed by atoms with van der Waals surface area (Å²) in [5.41, 5.74) is 16.4. The molecular formula is C66H48N2Si. The van der Waals surface area contributed by atoms with Crippen molar-refractivity contribution in [1.82, 2.24) is 0 Å². The molecule has 0 atom stereocenters. The molecule has 0 amide bonds. The zero-order chi connectivity index (χ0) is 46.0. The predicted molar refractivity (Wildman–Crippen MR) is 295 cm³/mol. The van der Waals surface area contributed by atoms with Gasteiger partial charge in [-0.1, -0.05) is 231 Å². The number of hydrogen-bond donors (Lipinski definition) is 0. The van der Waals surface area contributed by atoms with Crippen LogP contribution < -0.4 is 30.5 Å². The molecule has 1 aliphatic heterocycles. The molecule has 0 aliphatic carbocycles. The first-order chi connectivity index (χ1) is 34.2. The summed E-state index contributed by atoms with van der Waals surface area (Å²) in [7, 11) is -2.70. The van der Waals surface area contributed by atoms with Gasteiger partial charge in [0.1, 0.15) is 0 Å². The molecule has 11 aromatic rings. The van der Waals surface area contributed by atoms with Crippen LogP contribution in [0, 0.1) is 0 Å². The van der Waals surface area contributed by atoms with Crippen molar-refractivity contribution in [1.29, 1.82) is 0 Å². The number of rotatable bonds is 10. The SMILES string of the molecule is c1ccc(-c2ccc(-c3ccc(N(c4ccc(-c5ccccc5)cc4)c4ccc(-c5cccc(N6c7ccccc7[Si](c7ccccc7)(c7ccccc7)c7ccccc76)c5)cc4)cc3)cc2)cc1. The van der Waals surface area contributed by atoms with Gasteiger partial charge >= 0.3 is 0 Å². The lowest BCUT2D eigenvalue weighted by Crippen LogP contribution is -2.77. The van der Waals surface area contributed by atoms with E-state index in [1.165, 1.54) is 65.5 Å². The van der Waals surface area contributed by atoms with E-state index in [-0.39, 0.29) is 0 Å². The van der Waals surface area contributed by atoms with Crippen LogP contribution in [-0.4, -0.2) is 8.07 Å². The van der Waals surface area contributed by atoms with E-state index in [2.05, 4.69) is 301 Å². The standard InChI is InChI=1S/C66H48N2Si/c1-5-18-49(19-6-1)51-32-34-52(35-33-51)54-38-44-58(45-39-54)67(57-42-36-53(37-43-57)50-20-7-2-8-21-50)59-46-40-55(41-47-59)56-22-17-23-60(48-56)68-63-28-13-15-30-65(63)69(61-24-9-3-10-25-61,62-26-11-4-12-27-62)66-31-16-14-29-64(66)68/h1-48H. The number of anilines is 6. The Hall–Kier alpha value is -8.76. The predicted octanol–water partition coefficient (Wildman–Crippen LogP) is 15.0. The molecule has 2 nitrogen and oxygen atoms in total. The highest BCUT2D eigenvalue weighted by Gasteiger charge is 2.48. The van der Waals surface area contributed by atoms with Gasteiger partial charge in [0.05, 0.1) is 0 Å². The Morgan fingerprint density at radius 2 is 0.551 bits per heavy atom. The maximum Gasteiger partial charge on any atom is 0.184 e. The Bertz CT molecular complexity index is 3410. The molecule has 0 N–H and O–H groups in total. The fourth-order valence-corrected chi connectivity index (χ4v) is 15.6. The minimum atomic E-state index is -2.70. The van der Waals surface area contributed by atoms with E-state index < -0.39 is 8.07 Å². The smallest absolute Gasteiger partial charge is 0.184 e.